The van der Waals surface area contributed by atoms with E-state index in [0.29, 0.717) is 5.56 Å². The van der Waals surface area contributed by atoms with Crippen molar-refractivity contribution in [3.8, 4) is 45.2 Å². The number of nitrogens with zero attached hydrogens (tertiary/aromatic N) is 2. The Morgan fingerprint density at radius 2 is 1.23 bits per heavy atom. The van der Waals surface area contributed by atoms with Crippen molar-refractivity contribution in [1.29, 1.82) is 5.26 Å². The van der Waals surface area contributed by atoms with Crippen molar-refractivity contribution in [2.45, 2.75) is 13.3 Å². The van der Waals surface area contributed by atoms with Crippen molar-refractivity contribution >= 4 is 5.57 Å². The average molecular weight is 550 g/mol. The smallest absolute Gasteiger partial charge is 0.405 e. The van der Waals surface area contributed by atoms with Gasteiger partial charge in [-0.15, -0.1) is 13.2 Å². The average Bonchev–Trinajstić information content (AvgIpc) is 3.16. The molecule has 0 amide bonds. The van der Waals surface area contributed by atoms with Crippen molar-refractivity contribution in [2.24, 2.45) is 0 Å². The van der Waals surface area contributed by atoms with Crippen molar-refractivity contribution in [3.05, 3.63) is 118 Å². The van der Waals surface area contributed by atoms with Gasteiger partial charge in [-0.05, 0) is 82.8 Å². The molecule has 0 N–H and O–H groups in total. The molecule has 198 valence electrons. The molecular formula is C30H13F7N2O. The summed E-state index contributed by atoms with van der Waals surface area (Å²) in [6.07, 6.45) is -5.26. The number of alkyl halides is 3. The minimum atomic E-state index is -5.26. The van der Waals surface area contributed by atoms with E-state index in [-0.39, 0.29) is 39.0 Å². The predicted octanol–water partition coefficient (Wildman–Crippen LogP) is 8.97. The molecule has 0 saturated heterocycles. The summed E-state index contributed by atoms with van der Waals surface area (Å²) in [5.74, 6) is -5.06. The number of hydrogen-bond donors (Lipinski definition) is 0. The van der Waals surface area contributed by atoms with Crippen LogP contribution in [0, 0.1) is 48.1 Å². The van der Waals surface area contributed by atoms with Crippen molar-refractivity contribution in [3.63, 3.8) is 0 Å². The van der Waals surface area contributed by atoms with E-state index < -0.39 is 52.2 Å². The first-order valence-corrected chi connectivity index (χ1v) is 11.4. The van der Waals surface area contributed by atoms with Crippen LogP contribution in [0.2, 0.25) is 0 Å². The number of hydrogen-bond acceptors (Lipinski definition) is 2. The van der Waals surface area contributed by atoms with Gasteiger partial charge >= 0.3 is 6.36 Å². The molecule has 4 aromatic carbocycles. The molecule has 0 heterocycles. The molecular weight excluding hydrogens is 537 g/mol. The van der Waals surface area contributed by atoms with Crippen LogP contribution in [-0.2, 0) is 0 Å². The second-order valence-electron chi connectivity index (χ2n) is 8.79. The lowest BCUT2D eigenvalue weighted by molar-refractivity contribution is -0.274. The van der Waals surface area contributed by atoms with Crippen LogP contribution in [-0.4, -0.2) is 6.36 Å². The fraction of sp³-hybridized carbons (Fsp3) is 0.0667. The fourth-order valence-electron chi connectivity index (χ4n) is 4.87. The summed E-state index contributed by atoms with van der Waals surface area (Å²) < 4.78 is 103. The lowest BCUT2D eigenvalue weighted by Gasteiger charge is -2.17. The quantitative estimate of drug-likeness (QED) is 0.128. The molecule has 10 heteroatoms. The molecule has 1 aliphatic rings. The molecule has 3 nitrogen and oxygen atoms in total. The van der Waals surface area contributed by atoms with Crippen LogP contribution in [0.5, 0.6) is 5.75 Å². The van der Waals surface area contributed by atoms with Crippen LogP contribution in [0.1, 0.15) is 16.7 Å². The van der Waals surface area contributed by atoms with Crippen LogP contribution in [0.4, 0.5) is 30.7 Å². The number of rotatable bonds is 3. The highest BCUT2D eigenvalue weighted by atomic mass is 19.4. The lowest BCUT2D eigenvalue weighted by atomic mass is 9.92. The van der Waals surface area contributed by atoms with Crippen LogP contribution in [0.15, 0.2) is 66.4 Å². The van der Waals surface area contributed by atoms with E-state index >= 15 is 0 Å². The van der Waals surface area contributed by atoms with Crippen molar-refractivity contribution < 1.29 is 35.5 Å². The van der Waals surface area contributed by atoms with Gasteiger partial charge in [0.25, 0.3) is 5.70 Å². The topological polar surface area (TPSA) is 37.4 Å². The maximum atomic E-state index is 14.8. The molecule has 0 fully saturated rings. The molecule has 0 unspecified atom stereocenters. The van der Waals surface area contributed by atoms with Gasteiger partial charge in [0.1, 0.15) is 29.0 Å². The Balaban J connectivity index is 1.91. The monoisotopic (exact) mass is 550 g/mol. The first-order chi connectivity index (χ1) is 18.9. The van der Waals surface area contributed by atoms with Gasteiger partial charge in [-0.2, -0.15) is 0 Å². The Labute approximate surface area is 222 Å². The first-order valence-electron chi connectivity index (χ1n) is 11.4. The molecule has 4 aromatic rings. The second kappa shape index (κ2) is 9.58. The Kier molecular flexibility index (Phi) is 6.35. The number of benzene rings is 4. The van der Waals surface area contributed by atoms with E-state index in [1.54, 1.807) is 6.07 Å². The van der Waals surface area contributed by atoms with Crippen LogP contribution in [0.25, 0.3) is 43.8 Å². The summed E-state index contributed by atoms with van der Waals surface area (Å²) in [7, 11) is 0. The number of nitriles is 1. The molecule has 0 aromatic heterocycles. The zero-order chi connectivity index (χ0) is 28.9. The van der Waals surface area contributed by atoms with E-state index in [0.717, 1.165) is 42.5 Å². The number of aryl methyl sites for hydroxylation is 1. The molecule has 0 atom stereocenters. The van der Waals surface area contributed by atoms with Gasteiger partial charge in [0.2, 0.25) is 0 Å². The minimum Gasteiger partial charge on any atom is -0.405 e. The van der Waals surface area contributed by atoms with E-state index in [4.69, 9.17) is 6.57 Å². The summed E-state index contributed by atoms with van der Waals surface area (Å²) >= 11 is 0. The molecule has 0 spiro atoms. The van der Waals surface area contributed by atoms with Gasteiger partial charge in [-0.25, -0.2) is 27.7 Å². The maximum absolute atomic E-state index is 14.8. The highest BCUT2D eigenvalue weighted by Crippen LogP contribution is 2.52. The number of ether oxygens (including phenoxy) is 1. The third-order valence-corrected chi connectivity index (χ3v) is 6.46. The summed E-state index contributed by atoms with van der Waals surface area (Å²) in [5, 5.41) is 9.64. The highest BCUT2D eigenvalue weighted by Gasteiger charge is 2.36. The Bertz CT molecular complexity index is 1790. The molecule has 0 bridgehead atoms. The predicted molar refractivity (Wildman–Crippen MR) is 132 cm³/mol. The molecule has 0 radical (unpaired) electrons. The van der Waals surface area contributed by atoms with Gasteiger partial charge in [0, 0.05) is 11.1 Å². The number of allylic oxidation sites excluding steroid dienone is 1. The Hall–Kier alpha value is -5.09. The summed E-state index contributed by atoms with van der Waals surface area (Å²) in [5.41, 5.74) is -1.47. The molecule has 5 rings (SSSR count). The molecule has 0 aliphatic heterocycles. The fourth-order valence-corrected chi connectivity index (χ4v) is 4.87. The van der Waals surface area contributed by atoms with E-state index in [9.17, 15) is 36.0 Å². The summed E-state index contributed by atoms with van der Waals surface area (Å²) in [4.78, 5) is 3.20. The highest BCUT2D eigenvalue weighted by molar-refractivity contribution is 6.06. The minimum absolute atomic E-state index is 0.0567. The summed E-state index contributed by atoms with van der Waals surface area (Å²) in [6, 6.07) is 12.5. The van der Waals surface area contributed by atoms with Crippen LogP contribution < -0.4 is 4.74 Å². The van der Waals surface area contributed by atoms with Crippen LogP contribution in [0.3, 0.4) is 0 Å². The molecule has 40 heavy (non-hydrogen) atoms. The molecule has 1 aliphatic carbocycles. The SMILES string of the molecule is [C-]#[N+]/C(C#N)=C1\c2cc(C)c(-c3c(F)cccc3F)cc2-c2cc(-c3c(F)cccc3F)c(OC(F)(F)F)cc21. The second-order valence-corrected chi connectivity index (χ2v) is 8.79. The number of halogens is 7. The zero-order valence-electron chi connectivity index (χ0n) is 20.2. The van der Waals surface area contributed by atoms with Crippen molar-refractivity contribution in [2.75, 3.05) is 0 Å². The van der Waals surface area contributed by atoms with Crippen molar-refractivity contribution in [1.82, 2.24) is 0 Å². The van der Waals surface area contributed by atoms with Gasteiger partial charge in [0.05, 0.1) is 23.8 Å². The van der Waals surface area contributed by atoms with E-state index in [2.05, 4.69) is 9.58 Å². The zero-order valence-corrected chi connectivity index (χ0v) is 20.2. The lowest BCUT2D eigenvalue weighted by Crippen LogP contribution is -2.18. The normalized spacial score (nSPS) is 13.2. The van der Waals surface area contributed by atoms with Gasteiger partial charge in [-0.1, -0.05) is 18.2 Å². The summed E-state index contributed by atoms with van der Waals surface area (Å²) in [6.45, 7) is 8.99. The van der Waals surface area contributed by atoms with Gasteiger partial charge in [-0.3, -0.25) is 0 Å². The Morgan fingerprint density at radius 3 is 1.70 bits per heavy atom. The third-order valence-electron chi connectivity index (χ3n) is 6.46. The standard InChI is InChI=1S/C30H13F7N2O/c1-14-9-18-16(10-15(14)28-21(31)5-3-6-22(28)32)17-11-20(29-23(33)7-4-8-24(29)34)26(40-30(35,36)37)12-19(17)27(18)25(13-38)39-2/h3-12H,1H3/b27-25+. The number of fused-ring (bicyclic) bond motifs is 3. The third kappa shape index (κ3) is 4.34. The van der Waals surface area contributed by atoms with E-state index in [1.807, 2.05) is 0 Å². The Morgan fingerprint density at radius 1 is 0.750 bits per heavy atom. The van der Waals surface area contributed by atoms with Gasteiger partial charge < -0.3 is 4.74 Å². The van der Waals surface area contributed by atoms with Gasteiger partial charge in [0.15, 0.2) is 0 Å². The maximum Gasteiger partial charge on any atom is 0.573 e. The molecule has 0 saturated carbocycles. The van der Waals surface area contributed by atoms with Crippen LogP contribution >= 0.6 is 0 Å². The largest absolute Gasteiger partial charge is 0.573 e. The van der Waals surface area contributed by atoms with E-state index in [1.165, 1.54) is 25.1 Å². The first kappa shape index (κ1) is 26.5.